The van der Waals surface area contributed by atoms with E-state index >= 15 is 0 Å². The van der Waals surface area contributed by atoms with Crippen molar-refractivity contribution in [1.29, 1.82) is 0 Å². The molecule has 1 aliphatic rings. The van der Waals surface area contributed by atoms with Crippen LogP contribution in [0.25, 0.3) is 0 Å². The van der Waals surface area contributed by atoms with Gasteiger partial charge in [-0.15, -0.1) is 0 Å². The fourth-order valence-electron chi connectivity index (χ4n) is 3.54. The lowest BCUT2D eigenvalue weighted by Gasteiger charge is -2.37. The van der Waals surface area contributed by atoms with Crippen LogP contribution in [0.3, 0.4) is 0 Å². The number of hydrogen-bond acceptors (Lipinski definition) is 5. The van der Waals surface area contributed by atoms with Gasteiger partial charge in [0.05, 0.1) is 19.4 Å². The lowest BCUT2D eigenvalue weighted by Crippen LogP contribution is -2.42. The molecule has 7 heteroatoms. The number of sulfonamides is 1. The molecule has 0 amide bonds. The van der Waals surface area contributed by atoms with Crippen LogP contribution in [0.15, 0.2) is 77.7 Å². The maximum atomic E-state index is 13.5. The highest BCUT2D eigenvalue weighted by atomic mass is 32.2. The van der Waals surface area contributed by atoms with Crippen molar-refractivity contribution < 1.29 is 17.9 Å². The number of rotatable bonds is 6. The summed E-state index contributed by atoms with van der Waals surface area (Å²) >= 11 is 0. The summed E-state index contributed by atoms with van der Waals surface area (Å²) < 4.78 is 39.3. The van der Waals surface area contributed by atoms with Crippen molar-refractivity contribution in [3.63, 3.8) is 0 Å². The molecule has 0 bridgehead atoms. The van der Waals surface area contributed by atoms with E-state index < -0.39 is 16.2 Å². The molecular formula is C23H24N2O4S. The second kappa shape index (κ2) is 8.38. The van der Waals surface area contributed by atoms with Crippen LogP contribution in [0.5, 0.6) is 11.5 Å². The Morgan fingerprint density at radius 2 is 1.60 bits per heavy atom. The minimum atomic E-state index is -3.71. The average Bonchev–Trinajstić information content (AvgIpc) is 2.77. The quantitative estimate of drug-likeness (QED) is 0.635. The smallest absolute Gasteiger partial charge is 0.247 e. The van der Waals surface area contributed by atoms with E-state index in [1.165, 1.54) is 4.31 Å². The molecule has 0 saturated heterocycles. The van der Waals surface area contributed by atoms with Crippen molar-refractivity contribution in [2.24, 2.45) is 0 Å². The molecule has 0 aromatic heterocycles. The predicted octanol–water partition coefficient (Wildman–Crippen LogP) is 4.41. The van der Waals surface area contributed by atoms with E-state index in [0.717, 1.165) is 22.6 Å². The topological polar surface area (TPSA) is 67.9 Å². The number of methoxy groups -OCH3 is 1. The zero-order valence-electron chi connectivity index (χ0n) is 16.9. The Morgan fingerprint density at radius 3 is 2.27 bits per heavy atom. The largest absolute Gasteiger partial charge is 0.497 e. The van der Waals surface area contributed by atoms with Gasteiger partial charge in [0.2, 0.25) is 10.0 Å². The third kappa shape index (κ3) is 3.86. The molecule has 1 aliphatic heterocycles. The molecule has 0 saturated carbocycles. The molecule has 30 heavy (non-hydrogen) atoms. The number of para-hydroxylation sites is 1. The van der Waals surface area contributed by atoms with E-state index in [2.05, 4.69) is 5.32 Å². The Morgan fingerprint density at radius 1 is 0.933 bits per heavy atom. The maximum absolute atomic E-state index is 13.5. The Hall–Kier alpha value is -3.03. The van der Waals surface area contributed by atoms with Crippen molar-refractivity contribution in [3.8, 4) is 11.5 Å². The van der Waals surface area contributed by atoms with Gasteiger partial charge in [0.1, 0.15) is 22.6 Å². The number of anilines is 1. The summed E-state index contributed by atoms with van der Waals surface area (Å²) in [6.07, 6.45) is -0.539. The molecule has 0 spiro atoms. The van der Waals surface area contributed by atoms with E-state index in [1.54, 1.807) is 25.3 Å². The van der Waals surface area contributed by atoms with Crippen molar-refractivity contribution in [2.75, 3.05) is 19.0 Å². The number of hydrogen-bond donors (Lipinski definition) is 1. The first-order valence-corrected chi connectivity index (χ1v) is 11.2. The zero-order valence-corrected chi connectivity index (χ0v) is 17.7. The van der Waals surface area contributed by atoms with Gasteiger partial charge in [0.15, 0.2) is 0 Å². The lowest BCUT2D eigenvalue weighted by molar-refractivity contribution is 0.332. The average molecular weight is 425 g/mol. The summed E-state index contributed by atoms with van der Waals surface area (Å²) in [5.41, 5.74) is 2.31. The molecule has 156 valence electrons. The lowest BCUT2D eigenvalue weighted by atomic mass is 10.1. The fourth-order valence-corrected chi connectivity index (χ4v) is 5.22. The van der Waals surface area contributed by atoms with Crippen molar-refractivity contribution in [2.45, 2.75) is 24.5 Å². The van der Waals surface area contributed by atoms with Crippen LogP contribution >= 0.6 is 0 Å². The van der Waals surface area contributed by atoms with Crippen LogP contribution in [0.1, 0.15) is 24.2 Å². The number of benzene rings is 3. The van der Waals surface area contributed by atoms with E-state index in [9.17, 15) is 8.42 Å². The molecular weight excluding hydrogens is 400 g/mol. The van der Waals surface area contributed by atoms with Gasteiger partial charge >= 0.3 is 0 Å². The molecule has 3 aromatic rings. The number of nitrogens with one attached hydrogen (secondary N) is 1. The van der Waals surface area contributed by atoms with Crippen LogP contribution in [0, 0.1) is 0 Å². The predicted molar refractivity (Wildman–Crippen MR) is 116 cm³/mol. The van der Waals surface area contributed by atoms with Gasteiger partial charge < -0.3 is 14.8 Å². The van der Waals surface area contributed by atoms with E-state index in [4.69, 9.17) is 9.47 Å². The summed E-state index contributed by atoms with van der Waals surface area (Å²) in [5.74, 6) is 1.48. The highest BCUT2D eigenvalue weighted by Gasteiger charge is 2.38. The molecule has 0 fully saturated rings. The van der Waals surface area contributed by atoms with Gasteiger partial charge in [-0.25, -0.2) is 8.42 Å². The van der Waals surface area contributed by atoms with Crippen molar-refractivity contribution >= 4 is 15.7 Å². The molecule has 1 N–H and O–H groups in total. The fraction of sp³-hybridized carbons (Fsp3) is 0.217. The van der Waals surface area contributed by atoms with Gasteiger partial charge in [0, 0.05) is 6.54 Å². The number of fused-ring (bicyclic) bond motifs is 1. The summed E-state index contributed by atoms with van der Waals surface area (Å²) in [6.45, 7) is 2.73. The van der Waals surface area contributed by atoms with E-state index in [-0.39, 0.29) is 11.4 Å². The monoisotopic (exact) mass is 424 g/mol. The van der Waals surface area contributed by atoms with Crippen LogP contribution in [-0.2, 0) is 16.6 Å². The minimum absolute atomic E-state index is 0.228. The molecule has 1 heterocycles. The molecule has 4 rings (SSSR count). The molecule has 1 unspecified atom stereocenters. The summed E-state index contributed by atoms with van der Waals surface area (Å²) in [7, 11) is -2.10. The van der Waals surface area contributed by atoms with Gasteiger partial charge in [-0.05, 0) is 54.4 Å². The Kier molecular flexibility index (Phi) is 5.65. The van der Waals surface area contributed by atoms with Crippen molar-refractivity contribution in [3.05, 3.63) is 83.9 Å². The van der Waals surface area contributed by atoms with Crippen LogP contribution in [0.2, 0.25) is 0 Å². The third-order valence-electron chi connectivity index (χ3n) is 5.06. The van der Waals surface area contributed by atoms with E-state index in [0.29, 0.717) is 12.3 Å². The third-order valence-corrected chi connectivity index (χ3v) is 6.93. The number of ether oxygens (including phenoxy) is 2. The van der Waals surface area contributed by atoms with Crippen LogP contribution in [0.4, 0.5) is 5.69 Å². The molecule has 6 nitrogen and oxygen atoms in total. The standard InChI is InChI=1S/C23H24N2O4S/c1-3-29-20-14-10-18(11-15-20)23-24-21-6-4-5-7-22(21)30(26,27)25(23)16-17-8-12-19(28-2)13-9-17/h4-15,23-24H,3,16H2,1-2H3. The SMILES string of the molecule is CCOc1ccc(C2Nc3ccccc3S(=O)(=O)N2Cc2ccc(OC)cc2)cc1. The molecule has 3 aromatic carbocycles. The highest BCUT2D eigenvalue weighted by molar-refractivity contribution is 7.89. The molecule has 1 atom stereocenters. The first kappa shape index (κ1) is 20.3. The van der Waals surface area contributed by atoms with Gasteiger partial charge in [-0.1, -0.05) is 36.4 Å². The highest BCUT2D eigenvalue weighted by Crippen LogP contribution is 2.39. The van der Waals surface area contributed by atoms with Crippen molar-refractivity contribution in [1.82, 2.24) is 4.31 Å². The van der Waals surface area contributed by atoms with Gasteiger partial charge in [-0.3, -0.25) is 0 Å². The van der Waals surface area contributed by atoms with Gasteiger partial charge in [0.25, 0.3) is 0 Å². The van der Waals surface area contributed by atoms with Crippen LogP contribution < -0.4 is 14.8 Å². The molecule has 0 aliphatic carbocycles. The second-order valence-electron chi connectivity index (χ2n) is 6.94. The second-order valence-corrected chi connectivity index (χ2v) is 8.80. The summed E-state index contributed by atoms with van der Waals surface area (Å²) in [4.78, 5) is 0.278. The van der Waals surface area contributed by atoms with Crippen LogP contribution in [-0.4, -0.2) is 26.4 Å². The first-order chi connectivity index (χ1) is 14.5. The van der Waals surface area contributed by atoms with Gasteiger partial charge in [-0.2, -0.15) is 4.31 Å². The summed E-state index contributed by atoms with van der Waals surface area (Å²) in [6, 6.07) is 21.9. The molecule has 0 radical (unpaired) electrons. The normalized spacial score (nSPS) is 17.6. The Bertz CT molecular complexity index is 1110. The van der Waals surface area contributed by atoms with E-state index in [1.807, 2.05) is 61.5 Å². The first-order valence-electron chi connectivity index (χ1n) is 9.76. The Labute approximate surface area is 177 Å². The zero-order chi connectivity index (χ0) is 21.1. The maximum Gasteiger partial charge on any atom is 0.247 e. The Balaban J connectivity index is 1.74. The number of nitrogens with zero attached hydrogens (tertiary/aromatic N) is 1. The summed E-state index contributed by atoms with van der Waals surface area (Å²) in [5, 5.41) is 3.39. The minimum Gasteiger partial charge on any atom is -0.497 e.